The second kappa shape index (κ2) is 67.7. The van der Waals surface area contributed by atoms with E-state index in [1.807, 2.05) is 21.1 Å². The average Bonchev–Trinajstić information content (AvgIpc) is 3.62. The van der Waals surface area contributed by atoms with Crippen LogP contribution in [0.3, 0.4) is 0 Å². The molecule has 0 bridgehead atoms. The summed E-state index contributed by atoms with van der Waals surface area (Å²) in [6.45, 7) is 3.93. The van der Waals surface area contributed by atoms with Crippen molar-refractivity contribution in [1.82, 2.24) is 0 Å². The number of unbranched alkanes of at least 4 members (excludes halogenated alkanes) is 10. The molecule has 0 rings (SSSR count). The molecular formula is C80H124NO8P. The van der Waals surface area contributed by atoms with Crippen molar-refractivity contribution in [2.75, 3.05) is 47.5 Å². The van der Waals surface area contributed by atoms with Crippen molar-refractivity contribution in [2.45, 2.75) is 225 Å². The highest BCUT2D eigenvalue weighted by atomic mass is 31.2. The number of carbonyl (C=O) groups excluding carboxylic acids is 2. The van der Waals surface area contributed by atoms with Gasteiger partial charge in [0.1, 0.15) is 19.8 Å². The number of likely N-dealkylation sites (N-methyl/N-ethyl adjacent to an activating group) is 1. The number of hydrogen-bond acceptors (Lipinski definition) is 8. The van der Waals surface area contributed by atoms with Crippen molar-refractivity contribution < 1.29 is 42.1 Å². The van der Waals surface area contributed by atoms with Crippen LogP contribution in [0.1, 0.15) is 219 Å². The van der Waals surface area contributed by atoms with Crippen molar-refractivity contribution >= 4 is 19.8 Å². The highest BCUT2D eigenvalue weighted by Gasteiger charge is 2.22. The van der Waals surface area contributed by atoms with Crippen molar-refractivity contribution in [3.05, 3.63) is 219 Å². The van der Waals surface area contributed by atoms with Crippen molar-refractivity contribution in [3.63, 3.8) is 0 Å². The molecule has 0 spiro atoms. The lowest BCUT2D eigenvalue weighted by Crippen LogP contribution is -2.37. The van der Waals surface area contributed by atoms with Crippen LogP contribution >= 0.6 is 7.82 Å². The maximum absolute atomic E-state index is 12.9. The summed E-state index contributed by atoms with van der Waals surface area (Å²) in [5.41, 5.74) is 0. The zero-order chi connectivity index (χ0) is 65.5. The van der Waals surface area contributed by atoms with Crippen molar-refractivity contribution in [2.24, 2.45) is 0 Å². The minimum atomic E-state index is -4.67. The van der Waals surface area contributed by atoms with Gasteiger partial charge in [0, 0.05) is 12.8 Å². The Balaban J connectivity index is 4.24. The number of esters is 2. The Morgan fingerprint density at radius 2 is 0.600 bits per heavy atom. The average molecular weight is 1260 g/mol. The fourth-order valence-electron chi connectivity index (χ4n) is 8.29. The number of phosphoric ester groups is 1. The van der Waals surface area contributed by atoms with Gasteiger partial charge in [-0.1, -0.05) is 271 Å². The highest BCUT2D eigenvalue weighted by molar-refractivity contribution is 7.45. The Morgan fingerprint density at radius 1 is 0.344 bits per heavy atom. The third-order valence-corrected chi connectivity index (χ3v) is 14.5. The van der Waals surface area contributed by atoms with E-state index < -0.39 is 32.5 Å². The summed E-state index contributed by atoms with van der Waals surface area (Å²) in [4.78, 5) is 38.0. The van der Waals surface area contributed by atoms with Crippen LogP contribution in [-0.2, 0) is 32.7 Å². The topological polar surface area (TPSA) is 111 Å². The Hall–Kier alpha value is -5.67. The van der Waals surface area contributed by atoms with E-state index in [4.69, 9.17) is 18.5 Å². The van der Waals surface area contributed by atoms with E-state index in [-0.39, 0.29) is 26.1 Å². The number of carbonyl (C=O) groups is 2. The molecule has 0 radical (unpaired) electrons. The standard InChI is InChI=1S/C80H124NO8P/c1-6-8-10-12-14-16-18-20-22-24-26-28-30-32-33-34-35-36-37-38-39-40-41-42-43-44-45-46-47-49-51-53-55-57-59-61-63-65-67-69-71-73-80(83)89-78(77-88-90(84,85)87-75-74-81(3,4)5)76-86-79(82)72-70-68-66-64-62-60-58-56-54-52-50-48-31-29-27-25-23-21-19-17-15-13-11-9-7-2/h8-11,14-17,20-23,26-29,32-33,35-36,38-39,41-42,44-45,47-50,53-56,59,61,78H,6-7,12-13,18-19,24-25,30-31,34,37,40,43,46,51-52,57-58,60,62-77H2,1-5H3/b10-8-,11-9-,16-14-,17-15-,22-20-,23-21-,28-26-,29-27-,33-32-,36-35-,39-38-,42-41-,45-44-,49-47-,50-48-,55-53-,56-54-,61-59-. The van der Waals surface area contributed by atoms with E-state index in [0.29, 0.717) is 23.9 Å². The predicted molar refractivity (Wildman–Crippen MR) is 387 cm³/mol. The molecule has 0 saturated carbocycles. The molecule has 0 saturated heterocycles. The zero-order valence-corrected chi connectivity index (χ0v) is 57.9. The van der Waals surface area contributed by atoms with Gasteiger partial charge < -0.3 is 27.9 Å². The second-order valence-electron chi connectivity index (χ2n) is 23.1. The Kier molecular flexibility index (Phi) is 63.4. The van der Waals surface area contributed by atoms with Gasteiger partial charge in [0.15, 0.2) is 6.10 Å². The largest absolute Gasteiger partial charge is 0.756 e. The van der Waals surface area contributed by atoms with Crippen LogP contribution in [0, 0.1) is 0 Å². The fourth-order valence-corrected chi connectivity index (χ4v) is 9.01. The Morgan fingerprint density at radius 3 is 0.889 bits per heavy atom. The van der Waals surface area contributed by atoms with Gasteiger partial charge in [-0.3, -0.25) is 14.2 Å². The fraction of sp³-hybridized carbons (Fsp3) is 0.525. The lowest BCUT2D eigenvalue weighted by atomic mass is 10.1. The molecular weight excluding hydrogens is 1130 g/mol. The molecule has 2 unspecified atom stereocenters. The number of quaternary nitrogens is 1. The van der Waals surface area contributed by atoms with Gasteiger partial charge in [-0.2, -0.15) is 0 Å². The van der Waals surface area contributed by atoms with Gasteiger partial charge >= 0.3 is 11.9 Å². The smallest absolute Gasteiger partial charge is 0.306 e. The molecule has 0 amide bonds. The minimum absolute atomic E-state index is 0.0518. The number of nitrogens with zero attached hydrogens (tertiary/aromatic N) is 1. The molecule has 0 aromatic rings. The third-order valence-electron chi connectivity index (χ3n) is 13.5. The summed E-state index contributed by atoms with van der Waals surface area (Å²) in [6.07, 6.45) is 109. The molecule has 0 aliphatic carbocycles. The SMILES string of the molecule is CC/C=C\C/C=C\C/C=C\C/C=C\C/C=C\C/C=C\C/C=C\C/C=C\C/C=C\C/C=C\C/C=C\C/C=C\CCCCCCC(=O)OC(COC(=O)CCCCCCCC/C=C\C/C=C\C/C=C\C/C=C\C/C=C\C/C=C\CC)COP(=O)([O-])OCC[N+](C)(C)C. The molecule has 9 nitrogen and oxygen atoms in total. The molecule has 10 heteroatoms. The van der Waals surface area contributed by atoms with E-state index in [2.05, 4.69) is 233 Å². The van der Waals surface area contributed by atoms with E-state index in [0.717, 1.165) is 180 Å². The van der Waals surface area contributed by atoms with Crippen LogP contribution in [0.5, 0.6) is 0 Å². The minimum Gasteiger partial charge on any atom is -0.756 e. The lowest BCUT2D eigenvalue weighted by molar-refractivity contribution is -0.870. The first-order valence-corrected chi connectivity index (χ1v) is 35.9. The highest BCUT2D eigenvalue weighted by Crippen LogP contribution is 2.38. The number of ether oxygens (including phenoxy) is 2. The van der Waals surface area contributed by atoms with Gasteiger partial charge in [0.25, 0.3) is 7.82 Å². The van der Waals surface area contributed by atoms with E-state index in [1.54, 1.807) is 0 Å². The molecule has 0 fully saturated rings. The third kappa shape index (κ3) is 71.4. The van der Waals surface area contributed by atoms with Gasteiger partial charge in [-0.15, -0.1) is 0 Å². The molecule has 502 valence electrons. The maximum atomic E-state index is 12.9. The number of phosphoric acid groups is 1. The van der Waals surface area contributed by atoms with Crippen LogP contribution in [0.4, 0.5) is 0 Å². The van der Waals surface area contributed by atoms with Crippen molar-refractivity contribution in [3.8, 4) is 0 Å². The zero-order valence-electron chi connectivity index (χ0n) is 57.0. The van der Waals surface area contributed by atoms with Gasteiger partial charge in [0.2, 0.25) is 0 Å². The Bertz CT molecular complexity index is 2320. The molecule has 0 aliphatic rings. The first-order chi connectivity index (χ1) is 44.0. The molecule has 0 heterocycles. The first-order valence-electron chi connectivity index (χ1n) is 34.4. The summed E-state index contributed by atoms with van der Waals surface area (Å²) >= 11 is 0. The quantitative estimate of drug-likeness (QED) is 0.0195. The van der Waals surface area contributed by atoms with E-state index >= 15 is 0 Å². The summed E-state index contributed by atoms with van der Waals surface area (Å²) in [5, 5.41) is 0. The summed E-state index contributed by atoms with van der Waals surface area (Å²) < 4.78 is 34.2. The molecule has 2 atom stereocenters. The summed E-state index contributed by atoms with van der Waals surface area (Å²) in [7, 11) is 1.10. The van der Waals surface area contributed by atoms with Crippen LogP contribution < -0.4 is 4.89 Å². The molecule has 0 aromatic carbocycles. The van der Waals surface area contributed by atoms with Gasteiger partial charge in [0.05, 0.1) is 27.7 Å². The van der Waals surface area contributed by atoms with Crippen LogP contribution in [-0.4, -0.2) is 70.0 Å². The maximum Gasteiger partial charge on any atom is 0.306 e. The van der Waals surface area contributed by atoms with Crippen LogP contribution in [0.15, 0.2) is 219 Å². The lowest BCUT2D eigenvalue weighted by Gasteiger charge is -2.28. The summed E-state index contributed by atoms with van der Waals surface area (Å²) in [5.74, 6) is -0.899. The molecule has 90 heavy (non-hydrogen) atoms. The summed E-state index contributed by atoms with van der Waals surface area (Å²) in [6, 6.07) is 0. The molecule has 0 aromatic heterocycles. The predicted octanol–water partition coefficient (Wildman–Crippen LogP) is 22.2. The van der Waals surface area contributed by atoms with Crippen molar-refractivity contribution in [1.29, 1.82) is 0 Å². The van der Waals surface area contributed by atoms with Gasteiger partial charge in [-0.25, -0.2) is 0 Å². The monoisotopic (exact) mass is 1260 g/mol. The van der Waals surface area contributed by atoms with E-state index in [9.17, 15) is 19.0 Å². The number of allylic oxidation sites excluding steroid dienone is 36. The van der Waals surface area contributed by atoms with Gasteiger partial charge in [-0.05, 0) is 154 Å². The normalized spacial score (nSPS) is 14.5. The second-order valence-corrected chi connectivity index (χ2v) is 24.5. The van der Waals surface area contributed by atoms with Crippen LogP contribution in [0.25, 0.3) is 0 Å². The first kappa shape index (κ1) is 84.3. The molecule has 0 aliphatic heterocycles. The molecule has 0 N–H and O–H groups in total. The van der Waals surface area contributed by atoms with E-state index in [1.165, 1.54) is 0 Å². The Labute approximate surface area is 550 Å². The number of rotatable bonds is 60. The van der Waals surface area contributed by atoms with Crippen LogP contribution in [0.2, 0.25) is 0 Å². The number of hydrogen-bond donors (Lipinski definition) is 0.